The molecule has 2 saturated heterocycles. The third-order valence-electron chi connectivity index (χ3n) is 11.3. The van der Waals surface area contributed by atoms with Gasteiger partial charge in [-0.1, -0.05) is 19.1 Å². The Morgan fingerprint density at radius 1 is 1.04 bits per heavy atom. The third kappa shape index (κ3) is 6.52. The van der Waals surface area contributed by atoms with Crippen LogP contribution in [0, 0.1) is 5.41 Å². The minimum atomic E-state index is -0.443. The SMILES string of the molecule is CC[C@@H]1c2c([nH]c3nnc(-c4ccccc4OCOC)cc23)CCN1c1ncc(C2CCN(C3CC4(C3)CN(C(=O)OC(C)(C)C)C4)CC2)cn1. The standard InChI is InChI=1S/C39H50N8O4/c1-6-32-34-29-17-31(28-9-7-8-10-33(28)50-24-49-5)43-44-35(29)42-30(34)13-16-47(32)36-40-20-26(21-41-36)25-11-14-45(15-12-25)27-18-39(19-27)22-46(23-39)37(48)51-38(2,3)4/h7-10,17,20-21,25,27,32H,6,11-16,18-19,22-24H2,1-5H3,(H,42,44)/t32-/m1/s1. The van der Waals surface area contributed by atoms with E-state index in [4.69, 9.17) is 24.2 Å². The summed E-state index contributed by atoms with van der Waals surface area (Å²) in [5.74, 6) is 1.97. The second-order valence-electron chi connectivity index (χ2n) is 15.9. The molecule has 8 rings (SSSR count). The van der Waals surface area contributed by atoms with Crippen molar-refractivity contribution in [3.63, 3.8) is 0 Å². The summed E-state index contributed by atoms with van der Waals surface area (Å²) in [6, 6.07) is 10.7. The third-order valence-corrected chi connectivity index (χ3v) is 11.3. The molecule has 4 aromatic rings. The molecule has 3 fully saturated rings. The molecule has 1 aromatic carbocycles. The molecule has 51 heavy (non-hydrogen) atoms. The van der Waals surface area contributed by atoms with Crippen LogP contribution < -0.4 is 9.64 Å². The number of ether oxygens (including phenoxy) is 3. The average molecular weight is 695 g/mol. The monoisotopic (exact) mass is 694 g/mol. The number of likely N-dealkylation sites (tertiary alicyclic amines) is 2. The summed E-state index contributed by atoms with van der Waals surface area (Å²) in [6.45, 7) is 12.9. The van der Waals surface area contributed by atoms with E-state index in [1.54, 1.807) is 7.11 Å². The molecule has 1 spiro atoms. The van der Waals surface area contributed by atoms with Gasteiger partial charge in [-0.25, -0.2) is 14.8 Å². The largest absolute Gasteiger partial charge is 0.467 e. The topological polar surface area (TPSA) is 122 Å². The highest BCUT2D eigenvalue weighted by Gasteiger charge is 2.55. The normalized spacial score (nSPS) is 21.0. The maximum Gasteiger partial charge on any atom is 0.410 e. The first-order valence-electron chi connectivity index (χ1n) is 18.5. The quantitative estimate of drug-likeness (QED) is 0.205. The van der Waals surface area contributed by atoms with Gasteiger partial charge in [0.2, 0.25) is 5.95 Å². The van der Waals surface area contributed by atoms with E-state index >= 15 is 0 Å². The van der Waals surface area contributed by atoms with Gasteiger partial charge >= 0.3 is 6.09 Å². The van der Waals surface area contributed by atoms with E-state index < -0.39 is 5.60 Å². The molecule has 12 heteroatoms. The van der Waals surface area contributed by atoms with Gasteiger partial charge in [0, 0.05) is 79.2 Å². The van der Waals surface area contributed by atoms with Gasteiger partial charge in [0.25, 0.3) is 0 Å². The zero-order valence-electron chi connectivity index (χ0n) is 30.5. The molecular weight excluding hydrogens is 644 g/mol. The number of H-pyrrole nitrogens is 1. The Hall–Kier alpha value is -4.29. The maximum atomic E-state index is 12.4. The maximum absolute atomic E-state index is 12.4. The van der Waals surface area contributed by atoms with E-state index in [1.807, 2.05) is 49.9 Å². The molecule has 1 amide bonds. The molecule has 0 bridgehead atoms. The Morgan fingerprint density at radius 2 is 1.78 bits per heavy atom. The van der Waals surface area contributed by atoms with E-state index in [0.29, 0.717) is 23.1 Å². The molecule has 3 aliphatic heterocycles. The van der Waals surface area contributed by atoms with Crippen molar-refractivity contribution in [2.45, 2.75) is 89.8 Å². The minimum absolute atomic E-state index is 0.117. The summed E-state index contributed by atoms with van der Waals surface area (Å²) in [7, 11) is 1.61. The van der Waals surface area contributed by atoms with Crippen LogP contribution in [0.4, 0.5) is 10.7 Å². The number of carbonyl (C=O) groups excluding carboxylic acids is 1. The van der Waals surface area contributed by atoms with Crippen LogP contribution in [0.25, 0.3) is 22.3 Å². The summed E-state index contributed by atoms with van der Waals surface area (Å²) >= 11 is 0. The highest BCUT2D eigenvalue weighted by molar-refractivity contribution is 5.86. The number of para-hydroxylation sites is 1. The minimum Gasteiger partial charge on any atom is -0.467 e. The fraction of sp³-hybridized carbons (Fsp3) is 0.564. The summed E-state index contributed by atoms with van der Waals surface area (Å²) in [4.78, 5) is 32.8. The van der Waals surface area contributed by atoms with Crippen molar-refractivity contribution in [1.82, 2.24) is 34.9 Å². The first-order valence-corrected chi connectivity index (χ1v) is 18.5. The number of nitrogens with one attached hydrogen (secondary N) is 1. The Balaban J connectivity index is 0.902. The van der Waals surface area contributed by atoms with E-state index in [1.165, 1.54) is 29.7 Å². The number of rotatable bonds is 8. The van der Waals surface area contributed by atoms with Crippen molar-refractivity contribution in [2.24, 2.45) is 5.41 Å². The molecule has 1 saturated carbocycles. The lowest BCUT2D eigenvalue weighted by Crippen LogP contribution is -2.68. The van der Waals surface area contributed by atoms with Gasteiger partial charge in [0.15, 0.2) is 12.4 Å². The van der Waals surface area contributed by atoms with Gasteiger partial charge in [-0.05, 0) is 95.6 Å². The van der Waals surface area contributed by atoms with Crippen LogP contribution in [0.3, 0.4) is 0 Å². The highest BCUT2D eigenvalue weighted by atomic mass is 16.7. The first-order chi connectivity index (χ1) is 24.6. The number of benzene rings is 1. The Labute approximate surface area is 299 Å². The predicted molar refractivity (Wildman–Crippen MR) is 195 cm³/mol. The van der Waals surface area contributed by atoms with Crippen LogP contribution >= 0.6 is 0 Å². The molecule has 4 aliphatic rings. The van der Waals surface area contributed by atoms with Crippen LogP contribution in [0.2, 0.25) is 0 Å². The average Bonchev–Trinajstić information content (AvgIpc) is 3.47. The number of nitrogens with zero attached hydrogens (tertiary/aromatic N) is 7. The highest BCUT2D eigenvalue weighted by Crippen LogP contribution is 2.51. The molecule has 1 atom stereocenters. The molecular formula is C39H50N8O4. The van der Waals surface area contributed by atoms with Crippen LogP contribution in [0.1, 0.15) is 88.6 Å². The fourth-order valence-electron chi connectivity index (χ4n) is 8.87. The van der Waals surface area contributed by atoms with Crippen LogP contribution in [-0.2, 0) is 15.9 Å². The molecule has 1 N–H and O–H groups in total. The van der Waals surface area contributed by atoms with E-state index in [-0.39, 0.29) is 18.9 Å². The molecule has 3 aromatic heterocycles. The Kier molecular flexibility index (Phi) is 8.86. The van der Waals surface area contributed by atoms with Crippen LogP contribution in [0.5, 0.6) is 5.75 Å². The predicted octanol–water partition coefficient (Wildman–Crippen LogP) is 6.49. The lowest BCUT2D eigenvalue weighted by molar-refractivity contribution is -0.110. The van der Waals surface area contributed by atoms with E-state index in [2.05, 4.69) is 50.4 Å². The van der Waals surface area contributed by atoms with Crippen molar-refractivity contribution in [3.8, 4) is 17.0 Å². The molecule has 12 nitrogen and oxygen atoms in total. The van der Waals surface area contributed by atoms with Gasteiger partial charge in [0.1, 0.15) is 11.4 Å². The molecule has 6 heterocycles. The van der Waals surface area contributed by atoms with Gasteiger partial charge in [-0.2, -0.15) is 0 Å². The zero-order valence-corrected chi connectivity index (χ0v) is 30.5. The molecule has 0 unspecified atom stereocenters. The fourth-order valence-corrected chi connectivity index (χ4v) is 8.87. The summed E-state index contributed by atoms with van der Waals surface area (Å²) in [5, 5.41) is 10.2. The number of aromatic amines is 1. The van der Waals surface area contributed by atoms with Gasteiger partial charge < -0.3 is 33.9 Å². The first kappa shape index (κ1) is 33.8. The van der Waals surface area contributed by atoms with Crippen molar-refractivity contribution < 1.29 is 19.0 Å². The molecule has 270 valence electrons. The lowest BCUT2D eigenvalue weighted by Gasteiger charge is -2.61. The van der Waals surface area contributed by atoms with Crippen molar-refractivity contribution >= 4 is 23.1 Å². The van der Waals surface area contributed by atoms with Crippen molar-refractivity contribution in [1.29, 1.82) is 0 Å². The number of amides is 1. The van der Waals surface area contributed by atoms with Crippen molar-refractivity contribution in [3.05, 3.63) is 59.5 Å². The summed E-state index contributed by atoms with van der Waals surface area (Å²) in [6.07, 6.45) is 10.4. The zero-order chi connectivity index (χ0) is 35.3. The summed E-state index contributed by atoms with van der Waals surface area (Å²) in [5.41, 5.74) is 6.01. The van der Waals surface area contributed by atoms with Crippen molar-refractivity contribution in [2.75, 3.05) is 51.5 Å². The second-order valence-corrected chi connectivity index (χ2v) is 15.9. The van der Waals surface area contributed by atoms with E-state index in [9.17, 15) is 4.79 Å². The Bertz CT molecular complexity index is 1870. The number of methoxy groups -OCH3 is 1. The van der Waals surface area contributed by atoms with Crippen LogP contribution in [0.15, 0.2) is 42.7 Å². The summed E-state index contributed by atoms with van der Waals surface area (Å²) < 4.78 is 16.5. The molecule has 0 radical (unpaired) electrons. The Morgan fingerprint density at radius 3 is 2.49 bits per heavy atom. The second kappa shape index (κ2) is 13.4. The number of aromatic nitrogens is 5. The number of fused-ring (bicyclic) bond motifs is 3. The lowest BCUT2D eigenvalue weighted by atomic mass is 9.60. The number of anilines is 1. The van der Waals surface area contributed by atoms with Gasteiger partial charge in [0.05, 0.1) is 11.7 Å². The number of hydrogen-bond acceptors (Lipinski definition) is 10. The van der Waals surface area contributed by atoms with Crippen LogP contribution in [-0.4, -0.2) is 99.3 Å². The smallest absolute Gasteiger partial charge is 0.410 e. The van der Waals surface area contributed by atoms with Gasteiger partial charge in [-0.3, -0.25) is 0 Å². The number of hydrogen-bond donors (Lipinski definition) is 1. The number of carbonyl (C=O) groups is 1. The number of piperidine rings is 1. The van der Waals surface area contributed by atoms with E-state index in [0.717, 1.165) is 86.6 Å². The molecule has 1 aliphatic carbocycles. The van der Waals surface area contributed by atoms with Gasteiger partial charge in [-0.15, -0.1) is 10.2 Å².